The number of carbonyl (C=O) groups is 2. The van der Waals surface area contributed by atoms with E-state index in [1.54, 1.807) is 7.11 Å². The number of nitrogens with two attached hydrogens (primary N) is 3. The normalized spacial score (nSPS) is 18.0. The Labute approximate surface area is 142 Å². The molecule has 132 valence electrons. The lowest BCUT2D eigenvalue weighted by Gasteiger charge is -2.22. The number of primary amides is 1. The number of allylic oxidation sites excluding steroid dienone is 1. The highest BCUT2D eigenvalue weighted by Gasteiger charge is 2.26. The van der Waals surface area contributed by atoms with Crippen molar-refractivity contribution in [2.24, 2.45) is 22.2 Å². The van der Waals surface area contributed by atoms with Crippen molar-refractivity contribution in [3.8, 4) is 12.3 Å². The number of aliphatic imine (C=N–C) groups is 1. The van der Waals surface area contributed by atoms with Crippen LogP contribution in [-0.4, -0.2) is 55.9 Å². The van der Waals surface area contributed by atoms with Crippen LogP contribution in [0.1, 0.15) is 12.8 Å². The lowest BCUT2D eigenvalue weighted by atomic mass is 10.2. The van der Waals surface area contributed by atoms with Gasteiger partial charge in [-0.2, -0.15) is 0 Å². The van der Waals surface area contributed by atoms with Crippen LogP contribution in [0.5, 0.6) is 0 Å². The fourth-order valence-corrected chi connectivity index (χ4v) is 2.19. The highest BCUT2D eigenvalue weighted by Crippen LogP contribution is 2.17. The van der Waals surface area contributed by atoms with E-state index in [9.17, 15) is 9.59 Å². The number of likely N-dealkylation sites (tertiary alicyclic amines) is 1. The van der Waals surface area contributed by atoms with Gasteiger partial charge in [0.15, 0.2) is 0 Å². The number of hydrogen-bond donors (Lipinski definition) is 3. The van der Waals surface area contributed by atoms with Gasteiger partial charge in [0.2, 0.25) is 5.91 Å². The van der Waals surface area contributed by atoms with Crippen LogP contribution >= 0.6 is 0 Å². The third-order valence-corrected chi connectivity index (χ3v) is 3.36. The minimum atomic E-state index is -0.784. The molecule has 6 N–H and O–H groups in total. The first-order valence-electron chi connectivity index (χ1n) is 7.24. The summed E-state index contributed by atoms with van der Waals surface area (Å²) in [7, 11) is 3.07. The number of rotatable bonds is 5. The third kappa shape index (κ3) is 6.14. The van der Waals surface area contributed by atoms with Crippen molar-refractivity contribution < 1.29 is 14.3 Å². The first-order chi connectivity index (χ1) is 11.3. The second-order valence-electron chi connectivity index (χ2n) is 4.89. The summed E-state index contributed by atoms with van der Waals surface area (Å²) >= 11 is 0. The molecule has 8 nitrogen and oxygen atoms in total. The molecular weight excluding hydrogens is 310 g/mol. The van der Waals surface area contributed by atoms with Crippen LogP contribution in [0, 0.1) is 12.3 Å². The number of carbonyl (C=O) groups excluding carboxylic acids is 2. The van der Waals surface area contributed by atoms with Gasteiger partial charge < -0.3 is 26.8 Å². The molecule has 1 rings (SSSR count). The molecule has 1 unspecified atom stereocenters. The fraction of sp³-hybridized carbons (Fsp3) is 0.438. The summed E-state index contributed by atoms with van der Waals surface area (Å²) in [6.45, 7) is 4.95. The molecule has 1 atom stereocenters. The molecule has 0 bridgehead atoms. The van der Waals surface area contributed by atoms with Crippen molar-refractivity contribution >= 4 is 17.6 Å². The van der Waals surface area contributed by atoms with Crippen LogP contribution in [0.3, 0.4) is 0 Å². The van der Waals surface area contributed by atoms with Gasteiger partial charge in [0.05, 0.1) is 18.3 Å². The van der Waals surface area contributed by atoms with Gasteiger partial charge in [-0.15, -0.1) is 6.42 Å². The second-order valence-corrected chi connectivity index (χ2v) is 4.89. The van der Waals surface area contributed by atoms with Gasteiger partial charge in [-0.25, -0.2) is 0 Å². The number of amidine groups is 1. The molecule has 1 fully saturated rings. The summed E-state index contributed by atoms with van der Waals surface area (Å²) < 4.78 is 5.02. The average molecular weight is 335 g/mol. The van der Waals surface area contributed by atoms with Gasteiger partial charge in [0.1, 0.15) is 11.4 Å². The Balaban J connectivity index is 0.000000441. The summed E-state index contributed by atoms with van der Waals surface area (Å²) in [4.78, 5) is 27.3. The van der Waals surface area contributed by atoms with Gasteiger partial charge in [-0.05, 0) is 18.9 Å². The molecule has 1 aliphatic heterocycles. The summed E-state index contributed by atoms with van der Waals surface area (Å²) in [5, 5.41) is 0. The molecule has 0 aromatic heterocycles. The summed E-state index contributed by atoms with van der Waals surface area (Å²) in [6, 6.07) is 0.264. The Morgan fingerprint density at radius 3 is 2.50 bits per heavy atom. The molecule has 1 saturated heterocycles. The zero-order chi connectivity index (χ0) is 18.7. The van der Waals surface area contributed by atoms with Crippen LogP contribution in [0.25, 0.3) is 0 Å². The largest absolute Gasteiger partial charge is 0.391 e. The van der Waals surface area contributed by atoms with E-state index in [-0.39, 0.29) is 29.1 Å². The van der Waals surface area contributed by atoms with Crippen molar-refractivity contribution in [2.45, 2.75) is 18.9 Å². The summed E-state index contributed by atoms with van der Waals surface area (Å²) in [5.41, 5.74) is 15.3. The number of nitrogens with zero attached hydrogens (tertiary/aromatic N) is 2. The first-order valence-corrected chi connectivity index (χ1v) is 7.24. The lowest BCUT2D eigenvalue weighted by molar-refractivity contribution is -0.127. The molecule has 8 heteroatoms. The molecule has 0 aromatic rings. The third-order valence-electron chi connectivity index (χ3n) is 3.36. The molecule has 24 heavy (non-hydrogen) atoms. The highest BCUT2D eigenvalue weighted by molar-refractivity contribution is 6.20. The van der Waals surface area contributed by atoms with Gasteiger partial charge in [0, 0.05) is 20.7 Å². The van der Waals surface area contributed by atoms with Crippen molar-refractivity contribution in [3.63, 3.8) is 0 Å². The van der Waals surface area contributed by atoms with Crippen LogP contribution in [0.15, 0.2) is 28.9 Å². The maximum atomic E-state index is 11.3. The van der Waals surface area contributed by atoms with Crippen LogP contribution in [0.2, 0.25) is 0 Å². The van der Waals surface area contributed by atoms with E-state index in [4.69, 9.17) is 28.4 Å². The molecule has 2 amide bonds. The fourth-order valence-electron chi connectivity index (χ4n) is 2.19. The van der Waals surface area contributed by atoms with Gasteiger partial charge in [-0.1, -0.05) is 12.5 Å². The average Bonchev–Trinajstić information content (AvgIpc) is 3.02. The van der Waals surface area contributed by atoms with Crippen LogP contribution in [0.4, 0.5) is 0 Å². The molecule has 0 aliphatic carbocycles. The minimum Gasteiger partial charge on any atom is -0.391 e. The van der Waals surface area contributed by atoms with E-state index in [2.05, 4.69) is 17.5 Å². The molecule has 1 aliphatic rings. The van der Waals surface area contributed by atoms with E-state index in [1.165, 1.54) is 13.1 Å². The number of ether oxygens (including phenoxy) is 1. The number of hydrogen-bond acceptors (Lipinski definition) is 5. The van der Waals surface area contributed by atoms with Gasteiger partial charge >= 0.3 is 0 Å². The monoisotopic (exact) mass is 335 g/mol. The molecule has 0 saturated carbocycles. The topological polar surface area (TPSA) is 137 Å². The Morgan fingerprint density at radius 2 is 2.08 bits per heavy atom. The number of amides is 2. The van der Waals surface area contributed by atoms with E-state index in [0.717, 1.165) is 19.4 Å². The maximum Gasteiger partial charge on any atom is 0.255 e. The van der Waals surface area contributed by atoms with Crippen molar-refractivity contribution in [2.75, 3.05) is 27.3 Å². The SMILES string of the molecule is C#C/C(N)=C(\C(N)=O)C(N)=NC.C=CC(=O)N1CCCC1COC. The predicted molar refractivity (Wildman–Crippen MR) is 93.6 cm³/mol. The zero-order valence-corrected chi connectivity index (χ0v) is 14.1. The van der Waals surface area contributed by atoms with E-state index in [1.807, 2.05) is 4.90 Å². The van der Waals surface area contributed by atoms with Gasteiger partial charge in [0.25, 0.3) is 5.91 Å². The van der Waals surface area contributed by atoms with E-state index >= 15 is 0 Å². The van der Waals surface area contributed by atoms with Crippen molar-refractivity contribution in [3.05, 3.63) is 23.9 Å². The van der Waals surface area contributed by atoms with Crippen molar-refractivity contribution in [1.29, 1.82) is 0 Å². The van der Waals surface area contributed by atoms with Crippen LogP contribution in [-0.2, 0) is 14.3 Å². The standard InChI is InChI=1S/C9H15NO2.C7H10N4O/c1-3-9(11)10-6-4-5-8(10)7-12-2;1-3-4(8)5(7(10)12)6(9)11-2/h3,8H,1,4-7H2,2H3;1H,8H2,2H3,(H2,9,11)(H2,10,12)/b;5-4+. The highest BCUT2D eigenvalue weighted by atomic mass is 16.5. The Hall–Kier alpha value is -2.79. The van der Waals surface area contributed by atoms with Crippen LogP contribution < -0.4 is 17.2 Å². The molecule has 1 heterocycles. The predicted octanol–water partition coefficient (Wildman–Crippen LogP) is -0.885. The van der Waals surface area contributed by atoms with Gasteiger partial charge in [-0.3, -0.25) is 14.6 Å². The Morgan fingerprint density at radius 1 is 1.46 bits per heavy atom. The molecule has 0 radical (unpaired) electrons. The van der Waals surface area contributed by atoms with Crippen molar-refractivity contribution in [1.82, 2.24) is 4.90 Å². The Bertz CT molecular complexity index is 575. The maximum absolute atomic E-state index is 11.3. The molecule has 0 spiro atoms. The summed E-state index contributed by atoms with van der Waals surface area (Å²) in [6.07, 6.45) is 8.45. The zero-order valence-electron chi connectivity index (χ0n) is 14.1. The van der Waals surface area contributed by atoms with E-state index < -0.39 is 5.91 Å². The van der Waals surface area contributed by atoms with E-state index in [0.29, 0.717) is 6.61 Å². The lowest BCUT2D eigenvalue weighted by Crippen LogP contribution is -2.36. The minimum absolute atomic E-state index is 0.0227. The Kier molecular flexibility index (Phi) is 9.59. The second kappa shape index (κ2) is 10.9. The molecule has 0 aromatic carbocycles. The molecular formula is C16H25N5O3. The quantitative estimate of drug-likeness (QED) is 0.259. The number of methoxy groups -OCH3 is 1. The smallest absolute Gasteiger partial charge is 0.255 e. The summed E-state index contributed by atoms with van der Waals surface area (Å²) in [5.74, 6) is 1.24. The first kappa shape index (κ1) is 21.2. The number of terminal acetylenes is 1.